The Hall–Kier alpha value is -0.570. The first-order valence-corrected chi connectivity index (χ1v) is 3.08. The minimum atomic E-state index is -0.211. The van der Waals surface area contributed by atoms with E-state index in [9.17, 15) is 4.79 Å². The van der Waals surface area contributed by atoms with Crippen LogP contribution in [-0.4, -0.2) is 17.6 Å². The first-order valence-electron chi connectivity index (χ1n) is 3.08. The Labute approximate surface area is 55.9 Å². The molecule has 0 aromatic rings. The maximum Gasteiger partial charge on any atom is 0.217 e. The molecule has 56 valence electrons. The third-order valence-electron chi connectivity index (χ3n) is 0.496. The van der Waals surface area contributed by atoms with Crippen molar-refractivity contribution in [2.24, 2.45) is 5.73 Å². The average molecular weight is 133 g/mol. The van der Waals surface area contributed by atoms with Gasteiger partial charge in [-0.15, -0.1) is 0 Å². The molecule has 0 heterocycles. The zero-order valence-corrected chi connectivity index (χ0v) is 6.05. The van der Waals surface area contributed by atoms with Crippen molar-refractivity contribution in [1.29, 1.82) is 0 Å². The van der Waals surface area contributed by atoms with Gasteiger partial charge in [-0.05, 0) is 13.3 Å². The first kappa shape index (κ1) is 11.3. The Morgan fingerprint density at radius 2 is 1.89 bits per heavy atom. The molecule has 0 unspecified atom stereocenters. The van der Waals surface area contributed by atoms with Gasteiger partial charge in [-0.2, -0.15) is 0 Å². The van der Waals surface area contributed by atoms with Gasteiger partial charge in [0.1, 0.15) is 0 Å². The van der Waals surface area contributed by atoms with Gasteiger partial charge in [-0.3, -0.25) is 4.79 Å². The molecule has 0 saturated heterocycles. The summed E-state index contributed by atoms with van der Waals surface area (Å²) in [6, 6.07) is 0. The maximum atomic E-state index is 9.82. The van der Waals surface area contributed by atoms with Gasteiger partial charge in [0.05, 0.1) is 0 Å². The number of carbonyl (C=O) groups excluding carboxylic acids is 1. The van der Waals surface area contributed by atoms with E-state index in [1.807, 2.05) is 6.92 Å². The highest BCUT2D eigenvalue weighted by molar-refractivity contribution is 5.73. The van der Waals surface area contributed by atoms with Gasteiger partial charge in [0, 0.05) is 13.0 Å². The summed E-state index contributed by atoms with van der Waals surface area (Å²) in [5, 5.41) is 7.57. The lowest BCUT2D eigenvalue weighted by Gasteiger charge is -1.81. The lowest BCUT2D eigenvalue weighted by Crippen LogP contribution is -2.08. The number of hydrogen-bond donors (Lipinski definition) is 2. The SMILES string of the molecule is CCCC(N)=O.CCO. The highest BCUT2D eigenvalue weighted by atomic mass is 16.2. The van der Waals surface area contributed by atoms with Crippen LogP contribution in [0.3, 0.4) is 0 Å². The van der Waals surface area contributed by atoms with E-state index >= 15 is 0 Å². The fourth-order valence-corrected chi connectivity index (χ4v) is 0.246. The summed E-state index contributed by atoms with van der Waals surface area (Å²) in [7, 11) is 0. The summed E-state index contributed by atoms with van der Waals surface area (Å²) in [4.78, 5) is 9.82. The number of rotatable bonds is 2. The van der Waals surface area contributed by atoms with Crippen molar-refractivity contribution >= 4 is 5.91 Å². The van der Waals surface area contributed by atoms with Crippen molar-refractivity contribution in [3.8, 4) is 0 Å². The summed E-state index contributed by atoms with van der Waals surface area (Å²) in [5.74, 6) is -0.211. The number of primary amides is 1. The molecule has 0 rings (SSSR count). The van der Waals surface area contributed by atoms with Crippen LogP contribution in [0.15, 0.2) is 0 Å². The molecule has 0 aliphatic carbocycles. The number of carbonyl (C=O) groups is 1. The zero-order chi connectivity index (χ0) is 7.70. The monoisotopic (exact) mass is 133 g/mol. The van der Waals surface area contributed by atoms with E-state index in [0.29, 0.717) is 6.42 Å². The lowest BCUT2D eigenvalue weighted by atomic mass is 10.3. The minimum Gasteiger partial charge on any atom is -0.397 e. The number of aliphatic hydroxyl groups excluding tert-OH is 1. The normalized spacial score (nSPS) is 7.44. The van der Waals surface area contributed by atoms with Gasteiger partial charge in [0.25, 0.3) is 0 Å². The predicted octanol–water partition coefficient (Wildman–Crippen LogP) is 0.270. The van der Waals surface area contributed by atoms with Crippen molar-refractivity contribution in [3.63, 3.8) is 0 Å². The Balaban J connectivity index is 0. The topological polar surface area (TPSA) is 63.3 Å². The van der Waals surface area contributed by atoms with Crippen molar-refractivity contribution in [3.05, 3.63) is 0 Å². The summed E-state index contributed by atoms with van der Waals surface area (Å²) in [5.41, 5.74) is 4.76. The van der Waals surface area contributed by atoms with Gasteiger partial charge in [-0.1, -0.05) is 6.92 Å². The van der Waals surface area contributed by atoms with Gasteiger partial charge >= 0.3 is 0 Å². The molecule has 0 aromatic carbocycles. The smallest absolute Gasteiger partial charge is 0.217 e. The number of aliphatic hydroxyl groups is 1. The van der Waals surface area contributed by atoms with E-state index < -0.39 is 0 Å². The maximum absolute atomic E-state index is 9.82. The van der Waals surface area contributed by atoms with Crippen LogP contribution in [-0.2, 0) is 4.79 Å². The molecule has 0 saturated carbocycles. The van der Waals surface area contributed by atoms with E-state index in [4.69, 9.17) is 10.8 Å². The quantitative estimate of drug-likeness (QED) is 0.568. The number of nitrogens with two attached hydrogens (primary N) is 1. The van der Waals surface area contributed by atoms with Gasteiger partial charge < -0.3 is 10.8 Å². The second-order valence-electron chi connectivity index (χ2n) is 1.53. The van der Waals surface area contributed by atoms with E-state index in [-0.39, 0.29) is 12.5 Å². The molecule has 0 atom stereocenters. The molecule has 3 N–H and O–H groups in total. The minimum absolute atomic E-state index is 0.211. The van der Waals surface area contributed by atoms with Crippen LogP contribution in [0.2, 0.25) is 0 Å². The molecule has 0 spiro atoms. The third-order valence-corrected chi connectivity index (χ3v) is 0.496. The van der Waals surface area contributed by atoms with Crippen molar-refractivity contribution < 1.29 is 9.90 Å². The first-order chi connectivity index (χ1) is 4.18. The summed E-state index contributed by atoms with van der Waals surface area (Å²) in [6.45, 7) is 3.85. The van der Waals surface area contributed by atoms with Crippen LogP contribution in [0, 0.1) is 0 Å². The standard InChI is InChI=1S/C4H9NO.C2H6O/c1-2-3-4(5)6;1-2-3/h2-3H2,1H3,(H2,5,6);3H,2H2,1H3. The summed E-state index contributed by atoms with van der Waals surface area (Å²) < 4.78 is 0. The Kier molecular flexibility index (Phi) is 13.0. The Morgan fingerprint density at radius 1 is 1.56 bits per heavy atom. The molecule has 0 aliphatic rings. The molecule has 9 heavy (non-hydrogen) atoms. The van der Waals surface area contributed by atoms with Crippen LogP contribution < -0.4 is 5.73 Å². The predicted molar refractivity (Wildman–Crippen MR) is 36.9 cm³/mol. The average Bonchev–Trinajstić information content (AvgIpc) is 1.67. The molecule has 0 aliphatic heterocycles. The lowest BCUT2D eigenvalue weighted by molar-refractivity contribution is -0.118. The molecule has 3 heteroatoms. The second-order valence-corrected chi connectivity index (χ2v) is 1.53. The van der Waals surface area contributed by atoms with Crippen LogP contribution in [0.1, 0.15) is 26.7 Å². The highest BCUT2D eigenvalue weighted by Gasteiger charge is 1.84. The number of hydrogen-bond acceptors (Lipinski definition) is 2. The van der Waals surface area contributed by atoms with Gasteiger partial charge in [0.2, 0.25) is 5.91 Å². The van der Waals surface area contributed by atoms with Crippen molar-refractivity contribution in [1.82, 2.24) is 0 Å². The van der Waals surface area contributed by atoms with E-state index in [1.54, 1.807) is 6.92 Å². The second kappa shape index (κ2) is 10.4. The molecule has 0 fully saturated rings. The zero-order valence-electron chi connectivity index (χ0n) is 6.05. The summed E-state index contributed by atoms with van der Waals surface area (Å²) in [6.07, 6.45) is 1.37. The fourth-order valence-electron chi connectivity index (χ4n) is 0.246. The Bertz CT molecular complexity index is 64.1. The van der Waals surface area contributed by atoms with E-state index in [0.717, 1.165) is 6.42 Å². The summed E-state index contributed by atoms with van der Waals surface area (Å²) >= 11 is 0. The van der Waals surface area contributed by atoms with Crippen molar-refractivity contribution in [2.45, 2.75) is 26.7 Å². The van der Waals surface area contributed by atoms with Gasteiger partial charge in [-0.25, -0.2) is 0 Å². The van der Waals surface area contributed by atoms with Gasteiger partial charge in [0.15, 0.2) is 0 Å². The molecule has 0 aromatic heterocycles. The Morgan fingerprint density at radius 3 is 1.89 bits per heavy atom. The van der Waals surface area contributed by atoms with Crippen molar-refractivity contribution in [2.75, 3.05) is 6.61 Å². The molecular weight excluding hydrogens is 118 g/mol. The fraction of sp³-hybridized carbons (Fsp3) is 0.833. The molecule has 0 bridgehead atoms. The van der Waals surface area contributed by atoms with Crippen LogP contribution in [0.4, 0.5) is 0 Å². The van der Waals surface area contributed by atoms with Crippen LogP contribution >= 0.6 is 0 Å². The van der Waals surface area contributed by atoms with E-state index in [2.05, 4.69) is 0 Å². The molecule has 0 radical (unpaired) electrons. The van der Waals surface area contributed by atoms with E-state index in [1.165, 1.54) is 0 Å². The third kappa shape index (κ3) is 37.1. The molecule has 3 nitrogen and oxygen atoms in total. The van der Waals surface area contributed by atoms with Crippen LogP contribution in [0.25, 0.3) is 0 Å². The highest BCUT2D eigenvalue weighted by Crippen LogP contribution is 1.79. The molecule has 1 amide bonds. The number of amides is 1. The molecular formula is C6H15NO2. The largest absolute Gasteiger partial charge is 0.397 e. The van der Waals surface area contributed by atoms with Crippen LogP contribution in [0.5, 0.6) is 0 Å².